The molecule has 3 aromatic rings. The number of piperazine rings is 1. The number of nitrogens with one attached hydrogen (secondary N) is 1. The van der Waals surface area contributed by atoms with Gasteiger partial charge in [0.15, 0.2) is 0 Å². The summed E-state index contributed by atoms with van der Waals surface area (Å²) in [5.74, 6) is -0.808. The van der Waals surface area contributed by atoms with Crippen molar-refractivity contribution in [3.8, 4) is 0 Å². The van der Waals surface area contributed by atoms with Crippen LogP contribution < -0.4 is 5.32 Å². The Morgan fingerprint density at radius 3 is 2.41 bits per heavy atom. The zero-order chi connectivity index (χ0) is 24.3. The molecular weight excluding hydrogens is 470 g/mol. The highest BCUT2D eigenvalue weighted by molar-refractivity contribution is 7.89. The number of rotatable bonds is 7. The number of nitrogens with zero attached hydrogens (tertiary/aromatic N) is 2. The van der Waals surface area contributed by atoms with Gasteiger partial charge in [0.1, 0.15) is 5.54 Å². The first-order valence-corrected chi connectivity index (χ1v) is 13.2. The van der Waals surface area contributed by atoms with Crippen LogP contribution in [0, 0.1) is 6.92 Å². The molecule has 4 rings (SSSR count). The normalized spacial score (nSPS) is 19.2. The molecule has 0 saturated carbocycles. The lowest BCUT2D eigenvalue weighted by molar-refractivity contribution is -0.153. The summed E-state index contributed by atoms with van der Waals surface area (Å²) >= 11 is 1.49. The number of carbonyl (C=O) groups excluding carboxylic acids is 2. The predicted molar refractivity (Wildman–Crippen MR) is 132 cm³/mol. The minimum Gasteiger partial charge on any atom is -0.350 e. The summed E-state index contributed by atoms with van der Waals surface area (Å²) in [7, 11) is -3.96. The molecule has 1 atom stereocenters. The summed E-state index contributed by atoms with van der Waals surface area (Å²) in [4.78, 5) is 29.3. The van der Waals surface area contributed by atoms with Crippen LogP contribution in [0.25, 0.3) is 0 Å². The minimum atomic E-state index is -3.96. The highest BCUT2D eigenvalue weighted by Crippen LogP contribution is 2.30. The third-order valence-electron chi connectivity index (χ3n) is 6.03. The predicted octanol–water partition coefficient (Wildman–Crippen LogP) is 3.16. The molecule has 1 saturated heterocycles. The zero-order valence-electron chi connectivity index (χ0n) is 19.1. The van der Waals surface area contributed by atoms with Gasteiger partial charge in [0, 0.05) is 18.0 Å². The van der Waals surface area contributed by atoms with Crippen molar-refractivity contribution in [3.05, 3.63) is 88.1 Å². The van der Waals surface area contributed by atoms with Gasteiger partial charge in [-0.15, -0.1) is 11.3 Å². The molecule has 0 aliphatic carbocycles. The van der Waals surface area contributed by atoms with Crippen molar-refractivity contribution in [2.24, 2.45) is 0 Å². The van der Waals surface area contributed by atoms with E-state index in [1.165, 1.54) is 28.4 Å². The number of hydrogen-bond acceptors (Lipinski definition) is 5. The lowest BCUT2D eigenvalue weighted by Gasteiger charge is -2.46. The van der Waals surface area contributed by atoms with E-state index in [9.17, 15) is 18.0 Å². The fourth-order valence-electron chi connectivity index (χ4n) is 4.01. The van der Waals surface area contributed by atoms with E-state index < -0.39 is 27.4 Å². The maximum absolute atomic E-state index is 13.5. The Morgan fingerprint density at radius 1 is 1.06 bits per heavy atom. The van der Waals surface area contributed by atoms with Crippen LogP contribution in [-0.4, -0.2) is 48.1 Å². The van der Waals surface area contributed by atoms with E-state index in [1.807, 2.05) is 54.8 Å². The van der Waals surface area contributed by atoms with Gasteiger partial charge in [0.25, 0.3) is 0 Å². The zero-order valence-corrected chi connectivity index (χ0v) is 20.7. The number of aryl methyl sites for hydroxylation is 1. The summed E-state index contributed by atoms with van der Waals surface area (Å²) in [6, 6.07) is 19.7. The van der Waals surface area contributed by atoms with Crippen molar-refractivity contribution in [3.63, 3.8) is 0 Å². The Balaban J connectivity index is 1.64. The van der Waals surface area contributed by atoms with Gasteiger partial charge >= 0.3 is 0 Å². The second kappa shape index (κ2) is 9.69. The molecule has 1 aliphatic rings. The first-order valence-electron chi connectivity index (χ1n) is 10.9. The second-order valence-corrected chi connectivity index (χ2v) is 11.6. The molecule has 0 radical (unpaired) electrons. The maximum atomic E-state index is 13.5. The third-order valence-corrected chi connectivity index (χ3v) is 8.70. The van der Waals surface area contributed by atoms with Gasteiger partial charge < -0.3 is 10.2 Å². The summed E-state index contributed by atoms with van der Waals surface area (Å²) in [6.45, 7) is 3.57. The van der Waals surface area contributed by atoms with Gasteiger partial charge in [-0.2, -0.15) is 4.31 Å². The Labute approximate surface area is 204 Å². The van der Waals surface area contributed by atoms with Gasteiger partial charge in [-0.1, -0.05) is 54.1 Å². The fraction of sp³-hybridized carbons (Fsp3) is 0.280. The molecule has 0 bridgehead atoms. The van der Waals surface area contributed by atoms with Crippen LogP contribution in [0.4, 0.5) is 0 Å². The van der Waals surface area contributed by atoms with E-state index in [0.717, 1.165) is 20.3 Å². The van der Waals surface area contributed by atoms with Gasteiger partial charge in [0.05, 0.1) is 18.0 Å². The molecule has 2 aromatic carbocycles. The first-order chi connectivity index (χ1) is 16.2. The SMILES string of the molecule is Cc1ccc(S(=O)(=O)N2CC(=O)N(Cc3cccs3)C(C)(C(=O)NCc3ccccc3)C2)cc1. The van der Waals surface area contributed by atoms with Crippen molar-refractivity contribution in [1.82, 2.24) is 14.5 Å². The Morgan fingerprint density at radius 2 is 1.76 bits per heavy atom. The van der Waals surface area contributed by atoms with Crippen LogP contribution in [0.2, 0.25) is 0 Å². The number of amides is 2. The number of hydrogen-bond donors (Lipinski definition) is 1. The molecule has 1 unspecified atom stereocenters. The molecule has 1 aromatic heterocycles. The number of benzene rings is 2. The van der Waals surface area contributed by atoms with Crippen molar-refractivity contribution in [2.45, 2.75) is 37.4 Å². The molecule has 1 N–H and O–H groups in total. The van der Waals surface area contributed by atoms with E-state index in [1.54, 1.807) is 19.1 Å². The largest absolute Gasteiger partial charge is 0.350 e. The van der Waals surface area contributed by atoms with E-state index in [0.29, 0.717) is 0 Å². The number of sulfonamides is 1. The molecule has 9 heteroatoms. The van der Waals surface area contributed by atoms with E-state index in [-0.39, 0.29) is 31.1 Å². The van der Waals surface area contributed by atoms with Crippen molar-refractivity contribution >= 4 is 33.2 Å². The molecule has 1 fully saturated rings. The molecule has 7 nitrogen and oxygen atoms in total. The standard InChI is InChI=1S/C25H27N3O4S2/c1-19-10-12-22(13-11-19)34(31,32)27-17-23(29)28(16-21-9-6-14-33-21)25(2,18-27)24(30)26-15-20-7-4-3-5-8-20/h3-14H,15-18H2,1-2H3,(H,26,30). The van der Waals surface area contributed by atoms with E-state index in [4.69, 9.17) is 0 Å². The minimum absolute atomic E-state index is 0.102. The average Bonchev–Trinajstić information content (AvgIpc) is 3.34. The molecule has 2 heterocycles. The highest BCUT2D eigenvalue weighted by Gasteiger charge is 2.50. The van der Waals surface area contributed by atoms with E-state index in [2.05, 4.69) is 5.32 Å². The van der Waals surface area contributed by atoms with Gasteiger partial charge in [-0.25, -0.2) is 8.42 Å². The van der Waals surface area contributed by atoms with Crippen LogP contribution >= 0.6 is 11.3 Å². The van der Waals surface area contributed by atoms with Crippen LogP contribution in [0.15, 0.2) is 77.0 Å². The molecule has 178 valence electrons. The smallest absolute Gasteiger partial charge is 0.247 e. The lowest BCUT2D eigenvalue weighted by Crippen LogP contribution is -2.69. The monoisotopic (exact) mass is 497 g/mol. The lowest BCUT2D eigenvalue weighted by atomic mass is 9.95. The van der Waals surface area contributed by atoms with E-state index >= 15 is 0 Å². The fourth-order valence-corrected chi connectivity index (χ4v) is 6.18. The average molecular weight is 498 g/mol. The highest BCUT2D eigenvalue weighted by atomic mass is 32.2. The molecule has 0 spiro atoms. The third kappa shape index (κ3) is 4.91. The van der Waals surface area contributed by atoms with Crippen LogP contribution in [0.5, 0.6) is 0 Å². The van der Waals surface area contributed by atoms with Crippen LogP contribution in [0.3, 0.4) is 0 Å². The summed E-state index contributed by atoms with van der Waals surface area (Å²) in [6.07, 6.45) is 0. The summed E-state index contributed by atoms with van der Waals surface area (Å²) in [5, 5.41) is 4.82. The number of carbonyl (C=O) groups is 2. The molecule has 2 amide bonds. The van der Waals surface area contributed by atoms with Gasteiger partial charge in [-0.3, -0.25) is 9.59 Å². The van der Waals surface area contributed by atoms with Gasteiger partial charge in [0.2, 0.25) is 21.8 Å². The number of thiophene rings is 1. The topological polar surface area (TPSA) is 86.8 Å². The maximum Gasteiger partial charge on any atom is 0.247 e. The van der Waals surface area contributed by atoms with Crippen LogP contribution in [-0.2, 0) is 32.7 Å². The van der Waals surface area contributed by atoms with Crippen molar-refractivity contribution in [2.75, 3.05) is 13.1 Å². The van der Waals surface area contributed by atoms with Crippen LogP contribution in [0.1, 0.15) is 22.9 Å². The second-order valence-electron chi connectivity index (χ2n) is 8.59. The van der Waals surface area contributed by atoms with Crippen molar-refractivity contribution in [1.29, 1.82) is 0 Å². The Bertz CT molecular complexity index is 1260. The van der Waals surface area contributed by atoms with Crippen molar-refractivity contribution < 1.29 is 18.0 Å². The molecule has 34 heavy (non-hydrogen) atoms. The Kier molecular flexibility index (Phi) is 6.88. The van der Waals surface area contributed by atoms with Gasteiger partial charge in [-0.05, 0) is 43.0 Å². The molecule has 1 aliphatic heterocycles. The Hall–Kier alpha value is -3.01. The summed E-state index contributed by atoms with van der Waals surface area (Å²) < 4.78 is 27.9. The molecular formula is C25H27N3O4S2. The summed E-state index contributed by atoms with van der Waals surface area (Å²) in [5.41, 5.74) is 0.461. The quantitative estimate of drug-likeness (QED) is 0.543. The first kappa shape index (κ1) is 24.1.